The van der Waals surface area contributed by atoms with Gasteiger partial charge in [0, 0.05) is 22.8 Å². The summed E-state index contributed by atoms with van der Waals surface area (Å²) < 4.78 is 24.5. The van der Waals surface area contributed by atoms with Gasteiger partial charge in [-0.3, -0.25) is 4.79 Å². The molecular formula is C17H16F2N2OS. The second-order valence-corrected chi connectivity index (χ2v) is 6.31. The molecule has 2 aromatic carbocycles. The first-order chi connectivity index (χ1) is 11.1. The molecule has 0 saturated carbocycles. The number of para-hydroxylation sites is 1. The lowest BCUT2D eigenvalue weighted by Crippen LogP contribution is -2.31. The van der Waals surface area contributed by atoms with Gasteiger partial charge in [-0.05, 0) is 42.3 Å². The Morgan fingerprint density at radius 3 is 2.65 bits per heavy atom. The molecule has 1 N–H and O–H groups in total. The van der Waals surface area contributed by atoms with Crippen LogP contribution in [0.3, 0.4) is 0 Å². The van der Waals surface area contributed by atoms with Crippen LogP contribution >= 0.6 is 11.8 Å². The van der Waals surface area contributed by atoms with Crippen molar-refractivity contribution in [2.75, 3.05) is 23.3 Å². The van der Waals surface area contributed by atoms with E-state index in [1.807, 2.05) is 23.1 Å². The van der Waals surface area contributed by atoms with Crippen molar-refractivity contribution in [1.82, 2.24) is 0 Å². The number of alkyl halides is 2. The van der Waals surface area contributed by atoms with Crippen LogP contribution in [0.15, 0.2) is 53.4 Å². The highest BCUT2D eigenvalue weighted by Gasteiger charge is 2.20. The molecule has 1 aliphatic rings. The molecule has 0 aromatic heterocycles. The molecule has 23 heavy (non-hydrogen) atoms. The van der Waals surface area contributed by atoms with Gasteiger partial charge in [-0.15, -0.1) is 0 Å². The lowest BCUT2D eigenvalue weighted by Gasteiger charge is -2.18. The third kappa shape index (κ3) is 4.01. The fourth-order valence-electron chi connectivity index (χ4n) is 2.66. The van der Waals surface area contributed by atoms with Crippen molar-refractivity contribution < 1.29 is 13.6 Å². The highest BCUT2D eigenvalue weighted by atomic mass is 32.2. The second kappa shape index (κ2) is 7.00. The third-order valence-electron chi connectivity index (χ3n) is 3.68. The Labute approximate surface area is 137 Å². The number of halogens is 2. The summed E-state index contributed by atoms with van der Waals surface area (Å²) in [4.78, 5) is 14.7. The van der Waals surface area contributed by atoms with Crippen LogP contribution in [0.25, 0.3) is 0 Å². The van der Waals surface area contributed by atoms with Gasteiger partial charge in [-0.1, -0.05) is 30.0 Å². The summed E-state index contributed by atoms with van der Waals surface area (Å²) in [5, 5.41) is 2.80. The number of hydrogen-bond acceptors (Lipinski definition) is 3. The summed E-state index contributed by atoms with van der Waals surface area (Å²) in [6.07, 6.45) is 0.947. The molecule has 0 spiro atoms. The van der Waals surface area contributed by atoms with Gasteiger partial charge in [0.1, 0.15) is 0 Å². The topological polar surface area (TPSA) is 32.3 Å². The van der Waals surface area contributed by atoms with Gasteiger partial charge in [-0.2, -0.15) is 8.78 Å². The normalized spacial score (nSPS) is 13.3. The van der Waals surface area contributed by atoms with Gasteiger partial charge in [0.2, 0.25) is 5.91 Å². The first-order valence-corrected chi connectivity index (χ1v) is 8.17. The summed E-state index contributed by atoms with van der Waals surface area (Å²) in [5.74, 6) is -2.55. The highest BCUT2D eigenvalue weighted by molar-refractivity contribution is 7.99. The molecule has 0 fully saturated rings. The predicted molar refractivity (Wildman–Crippen MR) is 89.3 cm³/mol. The molecule has 1 heterocycles. The molecule has 120 valence electrons. The molecule has 6 heteroatoms. The highest BCUT2D eigenvalue weighted by Crippen LogP contribution is 2.28. The Bertz CT molecular complexity index is 691. The van der Waals surface area contributed by atoms with E-state index < -0.39 is 5.76 Å². The van der Waals surface area contributed by atoms with E-state index >= 15 is 0 Å². The Balaban J connectivity index is 1.58. The second-order valence-electron chi connectivity index (χ2n) is 5.25. The van der Waals surface area contributed by atoms with E-state index in [9.17, 15) is 13.6 Å². The van der Waals surface area contributed by atoms with E-state index in [0.717, 1.165) is 18.7 Å². The minimum absolute atomic E-state index is 0.115. The number of benzene rings is 2. The van der Waals surface area contributed by atoms with Gasteiger partial charge < -0.3 is 10.2 Å². The molecule has 0 bridgehead atoms. The fourth-order valence-corrected chi connectivity index (χ4v) is 3.16. The van der Waals surface area contributed by atoms with E-state index in [2.05, 4.69) is 11.4 Å². The van der Waals surface area contributed by atoms with E-state index in [1.165, 1.54) is 5.56 Å². The Kier molecular flexibility index (Phi) is 4.81. The van der Waals surface area contributed by atoms with E-state index in [1.54, 1.807) is 24.3 Å². The van der Waals surface area contributed by atoms with Crippen LogP contribution in [0.1, 0.15) is 5.56 Å². The maximum Gasteiger partial charge on any atom is 0.288 e. The van der Waals surface area contributed by atoms with Crippen LogP contribution in [0.4, 0.5) is 20.2 Å². The largest absolute Gasteiger partial charge is 0.362 e. The molecule has 0 radical (unpaired) electrons. The van der Waals surface area contributed by atoms with Crippen molar-refractivity contribution in [2.24, 2.45) is 0 Å². The van der Waals surface area contributed by atoms with Crippen LogP contribution in [-0.2, 0) is 11.2 Å². The Morgan fingerprint density at radius 2 is 1.91 bits per heavy atom. The number of nitrogens with zero attached hydrogens (tertiary/aromatic N) is 1. The van der Waals surface area contributed by atoms with E-state index in [0.29, 0.717) is 22.3 Å². The van der Waals surface area contributed by atoms with Crippen molar-refractivity contribution in [3.8, 4) is 0 Å². The van der Waals surface area contributed by atoms with E-state index in [-0.39, 0.29) is 12.5 Å². The van der Waals surface area contributed by atoms with Gasteiger partial charge in [-0.25, -0.2) is 0 Å². The minimum Gasteiger partial charge on any atom is -0.362 e. The van der Waals surface area contributed by atoms with Crippen LogP contribution in [0, 0.1) is 0 Å². The molecule has 1 amide bonds. The molecule has 0 unspecified atom stereocenters. The number of nitrogens with one attached hydrogen (secondary N) is 1. The number of rotatable bonds is 5. The molecule has 2 aromatic rings. The maximum absolute atomic E-state index is 12.3. The quantitative estimate of drug-likeness (QED) is 0.839. The fraction of sp³-hybridized carbons (Fsp3) is 0.235. The van der Waals surface area contributed by atoms with Gasteiger partial charge in [0.15, 0.2) is 0 Å². The molecule has 1 aliphatic heterocycles. The summed E-state index contributed by atoms with van der Waals surface area (Å²) in [6.45, 7) is 1.11. The monoisotopic (exact) mass is 334 g/mol. The van der Waals surface area contributed by atoms with Gasteiger partial charge in [0.05, 0.1) is 6.54 Å². The first-order valence-electron chi connectivity index (χ1n) is 7.29. The summed E-state index contributed by atoms with van der Waals surface area (Å²) in [6, 6.07) is 14.5. The number of carbonyl (C=O) groups excluding carboxylic acids is 1. The Hall–Kier alpha value is -2.08. The van der Waals surface area contributed by atoms with Crippen molar-refractivity contribution in [3.05, 3.63) is 54.1 Å². The summed E-state index contributed by atoms with van der Waals surface area (Å²) in [5.41, 5.74) is 2.97. The molecule has 0 atom stereocenters. The lowest BCUT2D eigenvalue weighted by molar-refractivity contribution is -0.115. The zero-order valence-electron chi connectivity index (χ0n) is 12.3. The SMILES string of the molecule is O=C(CN1CCc2ccccc21)Nc1ccc(SC(F)F)cc1. The van der Waals surface area contributed by atoms with Crippen molar-refractivity contribution in [1.29, 1.82) is 0 Å². The van der Waals surface area contributed by atoms with Crippen molar-refractivity contribution in [2.45, 2.75) is 17.1 Å². The van der Waals surface area contributed by atoms with E-state index in [4.69, 9.17) is 0 Å². The van der Waals surface area contributed by atoms with Gasteiger partial charge >= 0.3 is 0 Å². The van der Waals surface area contributed by atoms with Crippen LogP contribution in [-0.4, -0.2) is 24.8 Å². The first kappa shape index (κ1) is 15.8. The summed E-state index contributed by atoms with van der Waals surface area (Å²) in [7, 11) is 0. The van der Waals surface area contributed by atoms with Crippen LogP contribution in [0.5, 0.6) is 0 Å². The zero-order valence-corrected chi connectivity index (χ0v) is 13.2. The number of anilines is 2. The maximum atomic E-state index is 12.3. The molecular weight excluding hydrogens is 318 g/mol. The number of fused-ring (bicyclic) bond motifs is 1. The number of hydrogen-bond donors (Lipinski definition) is 1. The molecule has 0 aliphatic carbocycles. The number of thioether (sulfide) groups is 1. The zero-order chi connectivity index (χ0) is 16.2. The number of amides is 1. The molecule has 0 saturated heterocycles. The molecule has 3 rings (SSSR count). The standard InChI is InChI=1S/C17H16F2N2OS/c18-17(19)23-14-7-5-13(6-8-14)20-16(22)11-21-10-9-12-3-1-2-4-15(12)21/h1-8,17H,9-11H2,(H,20,22). The number of carbonyl (C=O) groups is 1. The molecule has 3 nitrogen and oxygen atoms in total. The van der Waals surface area contributed by atoms with Crippen molar-refractivity contribution in [3.63, 3.8) is 0 Å². The predicted octanol–water partition coefficient (Wildman–Crippen LogP) is 4.00. The smallest absolute Gasteiger partial charge is 0.288 e. The minimum atomic E-state index is -2.44. The summed E-state index contributed by atoms with van der Waals surface area (Å²) >= 11 is 0.490. The van der Waals surface area contributed by atoms with Crippen LogP contribution < -0.4 is 10.2 Å². The average molecular weight is 334 g/mol. The third-order valence-corrected chi connectivity index (χ3v) is 4.40. The lowest BCUT2D eigenvalue weighted by atomic mass is 10.2. The van der Waals surface area contributed by atoms with Crippen molar-refractivity contribution >= 4 is 29.0 Å². The van der Waals surface area contributed by atoms with Crippen LogP contribution in [0.2, 0.25) is 0 Å². The van der Waals surface area contributed by atoms with Gasteiger partial charge in [0.25, 0.3) is 5.76 Å². The average Bonchev–Trinajstić information content (AvgIpc) is 2.92. The Morgan fingerprint density at radius 1 is 1.17 bits per heavy atom.